The average Bonchev–Trinajstić information content (AvgIpc) is 2.41. The van der Waals surface area contributed by atoms with Gasteiger partial charge in [-0.15, -0.1) is 0 Å². The number of hydrogen-bond acceptors (Lipinski definition) is 0. The smallest absolute Gasteiger partial charge is 0.00606 e. The molecule has 0 unspecified atom stereocenters. The molecule has 0 N–H and O–H groups in total. The summed E-state index contributed by atoms with van der Waals surface area (Å²) in [5, 5.41) is 0. The molecule has 0 nitrogen and oxygen atoms in total. The molecule has 1 aliphatic rings. The van der Waals surface area contributed by atoms with E-state index in [2.05, 4.69) is 52.0 Å². The maximum absolute atomic E-state index is 2.34. The van der Waals surface area contributed by atoms with Crippen LogP contribution >= 0.6 is 0 Å². The highest BCUT2D eigenvalue weighted by Gasteiger charge is 2.16. The van der Waals surface area contributed by atoms with Crippen LogP contribution in [0.15, 0.2) is 23.8 Å². The molecule has 0 atom stereocenters. The summed E-state index contributed by atoms with van der Waals surface area (Å²) < 4.78 is 0. The summed E-state index contributed by atoms with van der Waals surface area (Å²) in [5.74, 6) is 0. The van der Waals surface area contributed by atoms with Crippen molar-refractivity contribution in [2.75, 3.05) is 0 Å². The third-order valence-corrected chi connectivity index (χ3v) is 2.88. The van der Waals surface area contributed by atoms with Crippen molar-refractivity contribution >= 4 is 6.08 Å². The second-order valence-corrected chi connectivity index (χ2v) is 5.33. The van der Waals surface area contributed by atoms with E-state index in [1.807, 2.05) is 0 Å². The summed E-state index contributed by atoms with van der Waals surface area (Å²) in [7, 11) is 0. The first-order valence-electron chi connectivity index (χ1n) is 5.27. The highest BCUT2D eigenvalue weighted by molar-refractivity contribution is 5.64. The molecule has 0 saturated heterocycles. The fraction of sp³-hybridized carbons (Fsp3) is 0.429. The van der Waals surface area contributed by atoms with Gasteiger partial charge >= 0.3 is 0 Å². The van der Waals surface area contributed by atoms with Crippen molar-refractivity contribution in [3.63, 3.8) is 0 Å². The Bertz CT molecular complexity index is 389. The first-order chi connectivity index (χ1) is 6.47. The molecule has 0 heterocycles. The Morgan fingerprint density at radius 3 is 2.50 bits per heavy atom. The highest BCUT2D eigenvalue weighted by Crippen LogP contribution is 2.30. The van der Waals surface area contributed by atoms with Crippen LogP contribution in [0.1, 0.15) is 44.4 Å². The lowest BCUT2D eigenvalue weighted by atomic mass is 9.85. The molecule has 0 aliphatic heterocycles. The Kier molecular flexibility index (Phi) is 2.02. The summed E-state index contributed by atoms with van der Waals surface area (Å²) in [6.07, 6.45) is 3.45. The number of fused-ring (bicyclic) bond motifs is 1. The SMILES string of the molecule is CC1=Cc2cc(C(C)(C)C)ccc2C1. The Labute approximate surface area is 86.7 Å². The molecule has 1 aromatic carbocycles. The van der Waals surface area contributed by atoms with Crippen molar-refractivity contribution in [2.24, 2.45) is 0 Å². The van der Waals surface area contributed by atoms with Crippen molar-refractivity contribution in [1.29, 1.82) is 0 Å². The van der Waals surface area contributed by atoms with E-state index < -0.39 is 0 Å². The van der Waals surface area contributed by atoms with Crippen molar-refractivity contribution in [1.82, 2.24) is 0 Å². The topological polar surface area (TPSA) is 0 Å². The van der Waals surface area contributed by atoms with Gasteiger partial charge in [0.05, 0.1) is 0 Å². The van der Waals surface area contributed by atoms with Crippen LogP contribution in [0, 0.1) is 0 Å². The molecule has 0 aromatic heterocycles. The van der Waals surface area contributed by atoms with E-state index >= 15 is 0 Å². The summed E-state index contributed by atoms with van der Waals surface area (Å²) in [6.45, 7) is 9.00. The fourth-order valence-electron chi connectivity index (χ4n) is 1.97. The van der Waals surface area contributed by atoms with Gasteiger partial charge in [0, 0.05) is 0 Å². The predicted octanol–water partition coefficient (Wildman–Crippen LogP) is 3.94. The molecule has 0 spiro atoms. The highest BCUT2D eigenvalue weighted by atomic mass is 14.2. The quantitative estimate of drug-likeness (QED) is 0.575. The Balaban J connectivity index is 2.46. The summed E-state index contributed by atoms with van der Waals surface area (Å²) >= 11 is 0. The van der Waals surface area contributed by atoms with Gasteiger partial charge in [-0.25, -0.2) is 0 Å². The Morgan fingerprint density at radius 2 is 1.86 bits per heavy atom. The molecule has 0 fully saturated rings. The van der Waals surface area contributed by atoms with Gasteiger partial charge in [0.25, 0.3) is 0 Å². The van der Waals surface area contributed by atoms with E-state index in [1.54, 1.807) is 0 Å². The first kappa shape index (κ1) is 9.51. The number of hydrogen-bond donors (Lipinski definition) is 0. The number of benzene rings is 1. The van der Waals surface area contributed by atoms with Gasteiger partial charge in [0.1, 0.15) is 0 Å². The monoisotopic (exact) mass is 186 g/mol. The average molecular weight is 186 g/mol. The molecule has 0 heteroatoms. The normalized spacial score (nSPS) is 15.3. The van der Waals surface area contributed by atoms with Crippen LogP contribution in [0.2, 0.25) is 0 Å². The molecule has 74 valence electrons. The first-order valence-corrected chi connectivity index (χ1v) is 5.27. The Morgan fingerprint density at radius 1 is 1.14 bits per heavy atom. The van der Waals surface area contributed by atoms with E-state index in [0.29, 0.717) is 0 Å². The zero-order valence-electron chi connectivity index (χ0n) is 9.52. The van der Waals surface area contributed by atoms with Gasteiger partial charge in [-0.3, -0.25) is 0 Å². The second kappa shape index (κ2) is 2.98. The van der Waals surface area contributed by atoms with Crippen LogP contribution < -0.4 is 0 Å². The molecular weight excluding hydrogens is 168 g/mol. The molecule has 0 amide bonds. The second-order valence-electron chi connectivity index (χ2n) is 5.33. The van der Waals surface area contributed by atoms with Gasteiger partial charge in [-0.1, -0.05) is 50.6 Å². The molecule has 0 radical (unpaired) electrons. The summed E-state index contributed by atoms with van der Waals surface area (Å²) in [4.78, 5) is 0. The maximum Gasteiger partial charge on any atom is -0.00606 e. The van der Waals surface area contributed by atoms with Crippen molar-refractivity contribution in [2.45, 2.75) is 39.5 Å². The third kappa shape index (κ3) is 1.61. The fourth-order valence-corrected chi connectivity index (χ4v) is 1.97. The van der Waals surface area contributed by atoms with Crippen LogP contribution in [0.5, 0.6) is 0 Å². The van der Waals surface area contributed by atoms with Gasteiger partial charge < -0.3 is 0 Å². The number of rotatable bonds is 0. The van der Waals surface area contributed by atoms with E-state index in [4.69, 9.17) is 0 Å². The maximum atomic E-state index is 2.34. The lowest BCUT2D eigenvalue weighted by Gasteiger charge is -2.19. The Hall–Kier alpha value is -1.04. The lowest BCUT2D eigenvalue weighted by Crippen LogP contribution is -2.11. The van der Waals surface area contributed by atoms with Crippen LogP contribution in [-0.2, 0) is 11.8 Å². The van der Waals surface area contributed by atoms with Gasteiger partial charge in [0.15, 0.2) is 0 Å². The molecule has 0 bridgehead atoms. The largest absolute Gasteiger partial charge is 0.0683 e. The molecule has 2 rings (SSSR count). The minimum absolute atomic E-state index is 0.263. The molecule has 1 aliphatic carbocycles. The standard InChI is InChI=1S/C14H18/c1-10-7-11-5-6-13(14(2,3)4)9-12(11)8-10/h5-6,8-9H,7H2,1-4H3. The zero-order valence-corrected chi connectivity index (χ0v) is 9.52. The summed E-state index contributed by atoms with van der Waals surface area (Å²) in [5.41, 5.74) is 6.08. The van der Waals surface area contributed by atoms with Gasteiger partial charge in [-0.05, 0) is 35.4 Å². The number of allylic oxidation sites excluding steroid dienone is 1. The molecule has 0 saturated carbocycles. The minimum atomic E-state index is 0.263. The molecular formula is C14H18. The van der Waals surface area contributed by atoms with Crippen LogP contribution in [-0.4, -0.2) is 0 Å². The van der Waals surface area contributed by atoms with Crippen LogP contribution in [0.3, 0.4) is 0 Å². The van der Waals surface area contributed by atoms with E-state index in [9.17, 15) is 0 Å². The summed E-state index contributed by atoms with van der Waals surface area (Å²) in [6, 6.07) is 6.89. The van der Waals surface area contributed by atoms with Crippen molar-refractivity contribution in [3.8, 4) is 0 Å². The van der Waals surface area contributed by atoms with Crippen molar-refractivity contribution < 1.29 is 0 Å². The lowest BCUT2D eigenvalue weighted by molar-refractivity contribution is 0.590. The third-order valence-electron chi connectivity index (χ3n) is 2.88. The van der Waals surface area contributed by atoms with Crippen LogP contribution in [0.4, 0.5) is 0 Å². The molecule has 14 heavy (non-hydrogen) atoms. The zero-order chi connectivity index (χ0) is 10.3. The molecule has 1 aromatic rings. The minimum Gasteiger partial charge on any atom is -0.0683 e. The van der Waals surface area contributed by atoms with E-state index in [1.165, 1.54) is 22.3 Å². The van der Waals surface area contributed by atoms with E-state index in [-0.39, 0.29) is 5.41 Å². The van der Waals surface area contributed by atoms with E-state index in [0.717, 1.165) is 6.42 Å². The van der Waals surface area contributed by atoms with Gasteiger partial charge in [-0.2, -0.15) is 0 Å². The predicted molar refractivity (Wildman–Crippen MR) is 62.5 cm³/mol. The van der Waals surface area contributed by atoms with Crippen molar-refractivity contribution in [3.05, 3.63) is 40.5 Å². The van der Waals surface area contributed by atoms with Gasteiger partial charge in [0.2, 0.25) is 0 Å². The van der Waals surface area contributed by atoms with Crippen LogP contribution in [0.25, 0.3) is 6.08 Å².